The van der Waals surface area contributed by atoms with Crippen LogP contribution in [0.5, 0.6) is 0 Å². The highest BCUT2D eigenvalue weighted by atomic mass is 31.2. The Kier molecular flexibility index (Phi) is 35.9. The molecule has 2 saturated carbocycles. The first-order chi connectivity index (χ1) is 35.9. The van der Waals surface area contributed by atoms with E-state index in [1.165, 1.54) is 28.4 Å². The third kappa shape index (κ3) is 28.8. The first kappa shape index (κ1) is 71.4. The van der Waals surface area contributed by atoms with Crippen LogP contribution >= 0.6 is 31.3 Å². The zero-order chi connectivity index (χ0) is 56.8. The molecule has 37 heteroatoms. The summed E-state index contributed by atoms with van der Waals surface area (Å²) in [7, 11) is -14.0. The van der Waals surface area contributed by atoms with Gasteiger partial charge in [-0.1, -0.05) is 0 Å². The van der Waals surface area contributed by atoms with E-state index in [9.17, 15) is 62.2 Å². The molecule has 2 fully saturated rings. The number of ether oxygens (including phenoxy) is 16. The molecule has 0 amide bonds. The first-order valence-corrected chi connectivity index (χ1v) is 29.6. The van der Waals surface area contributed by atoms with Crippen LogP contribution in [0.4, 0.5) is 0 Å². The largest absolute Gasteiger partial charge is 0.470 e. The van der Waals surface area contributed by atoms with Gasteiger partial charge in [-0.2, -0.15) is 0 Å². The van der Waals surface area contributed by atoms with Crippen molar-refractivity contribution >= 4 is 37.3 Å². The molecule has 76 heavy (non-hydrogen) atoms. The van der Waals surface area contributed by atoms with Crippen molar-refractivity contribution < 1.29 is 156 Å². The van der Waals surface area contributed by atoms with Crippen molar-refractivity contribution in [2.45, 2.75) is 92.5 Å². The van der Waals surface area contributed by atoms with E-state index in [-0.39, 0.29) is 125 Å². The molecular formula is C39H78O33P4. The lowest BCUT2D eigenvalue weighted by Crippen LogP contribution is -2.67. The van der Waals surface area contributed by atoms with E-state index in [1.807, 2.05) is 0 Å². The monoisotopic (exact) mass is 1200 g/mol. The van der Waals surface area contributed by atoms with Gasteiger partial charge in [0.25, 0.3) is 0 Å². The van der Waals surface area contributed by atoms with Crippen LogP contribution in [0.3, 0.4) is 0 Å². The number of phosphoric ester groups is 4. The summed E-state index contributed by atoms with van der Waals surface area (Å²) in [4.78, 5) is 94.4. The normalized spacial score (nSPS) is 26.8. The second-order valence-electron chi connectivity index (χ2n) is 16.2. The molecule has 0 spiro atoms. The lowest BCUT2D eigenvalue weighted by Gasteiger charge is -2.49. The Morgan fingerprint density at radius 2 is 0.566 bits per heavy atom. The summed E-state index contributed by atoms with van der Waals surface area (Å²) in [5.41, 5.74) is 0. The minimum atomic E-state index is -5.57. The number of unbranched alkanes of at least 4 members (excludes halogenated alkanes) is 1. The summed E-state index contributed by atoms with van der Waals surface area (Å²) >= 11 is 0. The summed E-state index contributed by atoms with van der Waals surface area (Å²) < 4.78 is 159. The maximum atomic E-state index is 13.8. The number of methoxy groups -OCH3 is 6. The van der Waals surface area contributed by atoms with Crippen LogP contribution in [0.25, 0.3) is 0 Å². The van der Waals surface area contributed by atoms with E-state index in [0.717, 1.165) is 14.2 Å². The van der Waals surface area contributed by atoms with Crippen molar-refractivity contribution in [3.63, 3.8) is 0 Å². The van der Waals surface area contributed by atoms with Crippen LogP contribution in [0, 0.1) is 0 Å². The number of carbonyl (C=O) groups is 1. The van der Waals surface area contributed by atoms with Gasteiger partial charge >= 0.3 is 37.3 Å². The van der Waals surface area contributed by atoms with E-state index in [2.05, 4.69) is 0 Å². The van der Waals surface area contributed by atoms with Crippen LogP contribution in [-0.2, 0) is 117 Å². The third-order valence-electron chi connectivity index (χ3n) is 10.7. The Labute approximate surface area is 440 Å². The summed E-state index contributed by atoms with van der Waals surface area (Å²) in [6, 6.07) is 0. The van der Waals surface area contributed by atoms with Gasteiger partial charge in [-0.05, 0) is 12.8 Å². The number of hydrogen-bond acceptors (Lipinski definition) is 25. The smallest absolute Gasteiger partial charge is 0.457 e. The molecule has 452 valence electrons. The number of hydrogen-bond donors (Lipinski definition) is 8. The molecule has 0 bridgehead atoms. The van der Waals surface area contributed by atoms with Crippen molar-refractivity contribution in [1.29, 1.82) is 0 Å². The lowest BCUT2D eigenvalue weighted by molar-refractivity contribution is -0.257. The van der Waals surface area contributed by atoms with Crippen molar-refractivity contribution in [3.05, 3.63) is 0 Å². The second-order valence-corrected chi connectivity index (χ2v) is 20.9. The van der Waals surface area contributed by atoms with Crippen LogP contribution < -0.4 is 0 Å². The van der Waals surface area contributed by atoms with Crippen molar-refractivity contribution in [1.82, 2.24) is 0 Å². The fraction of sp³-hybridized carbons (Fsp3) is 0.974. The minimum Gasteiger partial charge on any atom is -0.457 e. The van der Waals surface area contributed by atoms with Gasteiger partial charge in [0.2, 0.25) is 0 Å². The Balaban J connectivity index is 2.51. The predicted molar refractivity (Wildman–Crippen MR) is 252 cm³/mol. The maximum Gasteiger partial charge on any atom is 0.470 e. The van der Waals surface area contributed by atoms with E-state index >= 15 is 0 Å². The van der Waals surface area contributed by atoms with Crippen molar-refractivity contribution in [2.75, 3.05) is 155 Å². The second kappa shape index (κ2) is 38.2. The number of rotatable bonds is 45. The van der Waals surface area contributed by atoms with Gasteiger partial charge in [0.1, 0.15) is 67.1 Å². The molecule has 0 aromatic rings. The van der Waals surface area contributed by atoms with Crippen LogP contribution in [-0.4, -0.2) is 273 Å². The fourth-order valence-corrected chi connectivity index (χ4v) is 9.96. The Bertz CT molecular complexity index is 1680. The SMILES string of the molecule is COCCOCCO[C@@H]1[C@@H](OP(=O)(O)O)[C@H](OCCOCCOC)[C@@H](OC)[C@@H](OCCCCC(=O)O[C@@H]2[C@H](OP(=O)(O)O)[C@@H](OCCOCCOC)[C@H](OC)[C@@H](OCCOCCOC)[C@@H]2OP(=O)(O)O)[C@H]1OP(=O)(O)O. The van der Waals surface area contributed by atoms with E-state index in [4.69, 9.17) is 93.9 Å². The average molecular weight is 1200 g/mol. The van der Waals surface area contributed by atoms with Crippen LogP contribution in [0.1, 0.15) is 19.3 Å². The molecule has 12 atom stereocenters. The summed E-state index contributed by atoms with van der Waals surface area (Å²) in [6.45, 7) is -0.652. The van der Waals surface area contributed by atoms with E-state index in [0.29, 0.717) is 0 Å². The summed E-state index contributed by atoms with van der Waals surface area (Å²) in [5.74, 6) is -1.14. The van der Waals surface area contributed by atoms with Gasteiger partial charge in [-0.15, -0.1) is 0 Å². The average Bonchev–Trinajstić information content (AvgIpc) is 3.32. The Hall–Kier alpha value is -0.690. The van der Waals surface area contributed by atoms with Gasteiger partial charge in [-0.3, -0.25) is 22.9 Å². The molecule has 0 radical (unpaired) electrons. The summed E-state index contributed by atoms with van der Waals surface area (Å²) in [5, 5.41) is 0. The van der Waals surface area contributed by atoms with Crippen molar-refractivity contribution in [3.8, 4) is 0 Å². The van der Waals surface area contributed by atoms with Gasteiger partial charge in [0.15, 0.2) is 6.10 Å². The first-order valence-electron chi connectivity index (χ1n) is 23.5. The van der Waals surface area contributed by atoms with Gasteiger partial charge in [-0.25, -0.2) is 18.3 Å². The Morgan fingerprint density at radius 1 is 0.316 bits per heavy atom. The van der Waals surface area contributed by atoms with Gasteiger partial charge < -0.3 is 115 Å². The molecule has 0 aromatic carbocycles. The molecule has 2 aliphatic rings. The van der Waals surface area contributed by atoms with Crippen LogP contribution in [0.2, 0.25) is 0 Å². The standard InChI is InChI=1S/C39H78O33P4/c1-53-11-15-59-19-23-64-31-28(57-5)30(36(69-73(41,42)43)34(37(31)70-74(44,45)46)67-26-22-62-18-14-56-4)63-10-8-7-9-27(40)68-35-38(71-75(47,48)49)32(65-24-20-60-16-12-54-2)29(58-6)33(39(35)72-76(50,51)52)66-25-21-61-17-13-55-3/h28-39H,7-26H2,1-6H3,(H2,41,42,43)(H2,44,45,46)(H2,47,48,49)(H2,50,51,52)/t28-,29-,30+,31+,32-,33+,34-,35+,36+,37-,38+,39-/m0/s1. The van der Waals surface area contributed by atoms with Gasteiger partial charge in [0.05, 0.1) is 106 Å². The van der Waals surface area contributed by atoms with E-state index in [1.54, 1.807) is 0 Å². The quantitative estimate of drug-likeness (QED) is 0.0198. The highest BCUT2D eigenvalue weighted by Crippen LogP contribution is 2.50. The Morgan fingerprint density at radius 3 is 0.829 bits per heavy atom. The molecule has 2 aliphatic carbocycles. The zero-order valence-electron chi connectivity index (χ0n) is 43.1. The highest BCUT2D eigenvalue weighted by molar-refractivity contribution is 7.47. The third-order valence-corrected chi connectivity index (χ3v) is 12.8. The number of carbonyl (C=O) groups excluding carboxylic acids is 1. The maximum absolute atomic E-state index is 13.8. The molecule has 0 aliphatic heterocycles. The predicted octanol–water partition coefficient (Wildman–Crippen LogP) is -1.38. The molecule has 0 saturated heterocycles. The number of phosphoric acid groups is 4. The summed E-state index contributed by atoms with van der Waals surface area (Å²) in [6.07, 6.45) is -21.8. The molecule has 2 rings (SSSR count). The van der Waals surface area contributed by atoms with E-state index < -0.39 is 117 Å². The lowest BCUT2D eigenvalue weighted by atomic mass is 9.84. The molecule has 0 aromatic heterocycles. The molecule has 0 heterocycles. The molecular weight excluding hydrogens is 1120 g/mol. The van der Waals surface area contributed by atoms with Gasteiger partial charge in [0, 0.05) is 55.7 Å². The molecule has 8 N–H and O–H groups in total. The molecule has 0 unspecified atom stereocenters. The van der Waals surface area contributed by atoms with Crippen LogP contribution in [0.15, 0.2) is 0 Å². The van der Waals surface area contributed by atoms with Crippen molar-refractivity contribution in [2.24, 2.45) is 0 Å². The zero-order valence-corrected chi connectivity index (χ0v) is 46.7. The topological polar surface area (TPSA) is 432 Å². The minimum absolute atomic E-state index is 0.0794. The molecule has 33 nitrogen and oxygen atoms in total. The number of esters is 1. The fourth-order valence-electron chi connectivity index (χ4n) is 7.73. The highest BCUT2D eigenvalue weighted by Gasteiger charge is 2.60.